The molecule has 1 fully saturated rings. The minimum Gasteiger partial charge on any atom is -0.493 e. The summed E-state index contributed by atoms with van der Waals surface area (Å²) in [6, 6.07) is 3.02. The number of methoxy groups -OCH3 is 1. The van der Waals surface area contributed by atoms with Gasteiger partial charge < -0.3 is 14.6 Å². The minimum atomic E-state index is -1.10. The number of carboxylic acid groups (broad SMARTS) is 1. The molecule has 1 unspecified atom stereocenters. The van der Waals surface area contributed by atoms with Crippen LogP contribution in [0.3, 0.4) is 0 Å². The molecule has 1 aliphatic rings. The van der Waals surface area contributed by atoms with Crippen molar-refractivity contribution in [1.82, 2.24) is 0 Å². The molecular formula is C16H20BrFO4. The van der Waals surface area contributed by atoms with Gasteiger partial charge >= 0.3 is 5.97 Å². The molecule has 2 rings (SSSR count). The SMILES string of the molecule is COc1c(F)cc([C@@H]2CCC(C)(C)CO2)cc1C(Br)C(=O)O. The van der Waals surface area contributed by atoms with Crippen molar-refractivity contribution in [2.45, 2.75) is 37.6 Å². The molecule has 1 aliphatic heterocycles. The van der Waals surface area contributed by atoms with E-state index in [-0.39, 0.29) is 22.8 Å². The van der Waals surface area contributed by atoms with Crippen molar-refractivity contribution < 1.29 is 23.8 Å². The van der Waals surface area contributed by atoms with Gasteiger partial charge in [-0.05, 0) is 36.0 Å². The number of alkyl halides is 1. The lowest BCUT2D eigenvalue weighted by molar-refractivity contribution is -0.136. The molecule has 0 aromatic heterocycles. The highest BCUT2D eigenvalue weighted by molar-refractivity contribution is 9.09. The third-order valence-corrected chi connectivity index (χ3v) is 4.80. The summed E-state index contributed by atoms with van der Waals surface area (Å²) in [5.74, 6) is -1.72. The molecule has 0 aliphatic carbocycles. The fourth-order valence-corrected chi connectivity index (χ4v) is 2.97. The highest BCUT2D eigenvalue weighted by atomic mass is 79.9. The number of aliphatic carboxylic acids is 1. The van der Waals surface area contributed by atoms with E-state index in [1.165, 1.54) is 13.2 Å². The molecule has 4 nitrogen and oxygen atoms in total. The van der Waals surface area contributed by atoms with Crippen LogP contribution >= 0.6 is 15.9 Å². The van der Waals surface area contributed by atoms with Crippen molar-refractivity contribution in [3.63, 3.8) is 0 Å². The van der Waals surface area contributed by atoms with Crippen molar-refractivity contribution in [2.75, 3.05) is 13.7 Å². The third-order valence-electron chi connectivity index (χ3n) is 3.92. The molecule has 0 spiro atoms. The van der Waals surface area contributed by atoms with Gasteiger partial charge in [-0.2, -0.15) is 0 Å². The van der Waals surface area contributed by atoms with Gasteiger partial charge in [-0.25, -0.2) is 4.39 Å². The van der Waals surface area contributed by atoms with Gasteiger partial charge in [0.2, 0.25) is 0 Å². The lowest BCUT2D eigenvalue weighted by Crippen LogP contribution is -2.27. The van der Waals surface area contributed by atoms with Crippen LogP contribution in [0.1, 0.15) is 48.7 Å². The topological polar surface area (TPSA) is 55.8 Å². The van der Waals surface area contributed by atoms with Crippen LogP contribution in [0.5, 0.6) is 5.75 Å². The first kappa shape index (κ1) is 17.2. The molecule has 1 saturated heterocycles. The zero-order valence-electron chi connectivity index (χ0n) is 12.9. The third kappa shape index (κ3) is 3.60. The van der Waals surface area contributed by atoms with Gasteiger partial charge in [-0.15, -0.1) is 0 Å². The van der Waals surface area contributed by atoms with Crippen LogP contribution in [0.4, 0.5) is 4.39 Å². The normalized spacial score (nSPS) is 22.1. The van der Waals surface area contributed by atoms with E-state index in [1.807, 2.05) is 0 Å². The molecule has 0 radical (unpaired) electrons. The first-order chi connectivity index (χ1) is 10.2. The fourth-order valence-electron chi connectivity index (χ4n) is 2.63. The van der Waals surface area contributed by atoms with Crippen molar-refractivity contribution in [1.29, 1.82) is 0 Å². The summed E-state index contributed by atoms with van der Waals surface area (Å²) in [4.78, 5) is 10.2. The molecule has 0 bridgehead atoms. The summed E-state index contributed by atoms with van der Waals surface area (Å²) < 4.78 is 25.1. The summed E-state index contributed by atoms with van der Waals surface area (Å²) in [6.07, 6.45) is 1.52. The maximum atomic E-state index is 14.2. The fraction of sp³-hybridized carbons (Fsp3) is 0.562. The number of halogens is 2. The second kappa shape index (κ2) is 6.54. The van der Waals surface area contributed by atoms with Gasteiger partial charge in [0, 0.05) is 5.56 Å². The number of hydrogen-bond donors (Lipinski definition) is 1. The van der Waals surface area contributed by atoms with Crippen LogP contribution in [0.25, 0.3) is 0 Å². The minimum absolute atomic E-state index is 0.0517. The van der Waals surface area contributed by atoms with E-state index in [4.69, 9.17) is 14.6 Å². The van der Waals surface area contributed by atoms with Gasteiger partial charge in [0.25, 0.3) is 0 Å². The van der Waals surface area contributed by atoms with Crippen LogP contribution < -0.4 is 4.74 Å². The molecule has 1 heterocycles. The number of rotatable bonds is 4. The zero-order chi connectivity index (χ0) is 16.5. The monoisotopic (exact) mass is 374 g/mol. The smallest absolute Gasteiger partial charge is 0.321 e. The Morgan fingerprint density at radius 1 is 1.55 bits per heavy atom. The second-order valence-corrected chi connectivity index (χ2v) is 7.24. The van der Waals surface area contributed by atoms with E-state index in [9.17, 15) is 9.18 Å². The van der Waals surface area contributed by atoms with Crippen LogP contribution in [0.15, 0.2) is 12.1 Å². The molecule has 1 aromatic carbocycles. The number of benzene rings is 1. The molecule has 0 amide bonds. The second-order valence-electron chi connectivity index (χ2n) is 6.33. The number of hydrogen-bond acceptors (Lipinski definition) is 3. The highest BCUT2D eigenvalue weighted by Gasteiger charge is 2.31. The zero-order valence-corrected chi connectivity index (χ0v) is 14.4. The average Bonchev–Trinajstić information content (AvgIpc) is 2.45. The molecular weight excluding hydrogens is 355 g/mol. The molecule has 1 aromatic rings. The molecule has 122 valence electrons. The maximum absolute atomic E-state index is 14.2. The summed E-state index contributed by atoms with van der Waals surface area (Å²) in [5, 5.41) is 9.16. The van der Waals surface area contributed by atoms with Crippen LogP contribution in [-0.4, -0.2) is 24.8 Å². The van der Waals surface area contributed by atoms with Gasteiger partial charge in [0.15, 0.2) is 11.6 Å². The summed E-state index contributed by atoms with van der Waals surface area (Å²) in [5.41, 5.74) is 1.02. The molecule has 1 N–H and O–H groups in total. The van der Waals surface area contributed by atoms with E-state index < -0.39 is 16.6 Å². The van der Waals surface area contributed by atoms with Crippen molar-refractivity contribution in [3.8, 4) is 5.75 Å². The Bertz CT molecular complexity index is 564. The van der Waals surface area contributed by atoms with E-state index in [0.717, 1.165) is 12.8 Å². The van der Waals surface area contributed by atoms with E-state index in [0.29, 0.717) is 12.2 Å². The molecule has 2 atom stereocenters. The predicted molar refractivity (Wildman–Crippen MR) is 84.0 cm³/mol. The van der Waals surface area contributed by atoms with Crippen LogP contribution in [-0.2, 0) is 9.53 Å². The Balaban J connectivity index is 2.36. The predicted octanol–water partition coefficient (Wildman–Crippen LogP) is 4.23. The van der Waals surface area contributed by atoms with Crippen molar-refractivity contribution >= 4 is 21.9 Å². The van der Waals surface area contributed by atoms with E-state index >= 15 is 0 Å². The Hall–Kier alpha value is -1.14. The number of carbonyl (C=O) groups is 1. The lowest BCUT2D eigenvalue weighted by Gasteiger charge is -2.35. The van der Waals surface area contributed by atoms with Crippen LogP contribution in [0.2, 0.25) is 0 Å². The van der Waals surface area contributed by atoms with Crippen LogP contribution in [0, 0.1) is 11.2 Å². The largest absolute Gasteiger partial charge is 0.493 e. The van der Waals surface area contributed by atoms with Gasteiger partial charge in [0.1, 0.15) is 4.83 Å². The average molecular weight is 375 g/mol. The van der Waals surface area contributed by atoms with Gasteiger partial charge in [0.05, 0.1) is 19.8 Å². The summed E-state index contributed by atoms with van der Waals surface area (Å²) in [7, 11) is 1.32. The highest BCUT2D eigenvalue weighted by Crippen LogP contribution is 2.41. The van der Waals surface area contributed by atoms with E-state index in [2.05, 4.69) is 29.8 Å². The Morgan fingerprint density at radius 2 is 2.23 bits per heavy atom. The lowest BCUT2D eigenvalue weighted by atomic mass is 9.84. The summed E-state index contributed by atoms with van der Waals surface area (Å²) >= 11 is 3.07. The number of ether oxygens (including phenoxy) is 2. The Morgan fingerprint density at radius 3 is 2.73 bits per heavy atom. The number of carboxylic acids is 1. The standard InChI is InChI=1S/C16H20BrFO4/c1-16(2)5-4-12(22-8-16)9-6-10(13(17)15(19)20)14(21-3)11(18)7-9/h6-7,12-13H,4-5,8H2,1-3H3,(H,19,20)/t12-,13?/m0/s1. The molecule has 6 heteroatoms. The molecule has 22 heavy (non-hydrogen) atoms. The summed E-state index contributed by atoms with van der Waals surface area (Å²) in [6.45, 7) is 4.85. The van der Waals surface area contributed by atoms with E-state index in [1.54, 1.807) is 6.07 Å². The Kier molecular flexibility index (Phi) is 5.12. The maximum Gasteiger partial charge on any atom is 0.321 e. The molecule has 0 saturated carbocycles. The Labute approximate surface area is 137 Å². The van der Waals surface area contributed by atoms with Gasteiger partial charge in [-0.1, -0.05) is 29.8 Å². The van der Waals surface area contributed by atoms with Gasteiger partial charge in [-0.3, -0.25) is 4.79 Å². The van der Waals surface area contributed by atoms with Crippen molar-refractivity contribution in [2.24, 2.45) is 5.41 Å². The first-order valence-corrected chi connectivity index (χ1v) is 8.02. The first-order valence-electron chi connectivity index (χ1n) is 7.11. The quantitative estimate of drug-likeness (QED) is 0.801. The van der Waals surface area contributed by atoms with Crippen molar-refractivity contribution in [3.05, 3.63) is 29.1 Å².